The van der Waals surface area contributed by atoms with E-state index in [9.17, 15) is 14.3 Å². The Morgan fingerprint density at radius 3 is 3.00 bits per heavy atom. The highest BCUT2D eigenvalue weighted by Crippen LogP contribution is 2.25. The van der Waals surface area contributed by atoms with Gasteiger partial charge in [0.05, 0.1) is 6.10 Å². The maximum atomic E-state index is 13.5. The first-order valence-electron chi connectivity index (χ1n) is 7.43. The molecule has 3 nitrogen and oxygen atoms in total. The third kappa shape index (κ3) is 4.71. The van der Waals surface area contributed by atoms with Crippen molar-refractivity contribution in [2.45, 2.75) is 49.6 Å². The summed E-state index contributed by atoms with van der Waals surface area (Å²) < 4.78 is 13.5. The molecule has 21 heavy (non-hydrogen) atoms. The van der Waals surface area contributed by atoms with Crippen LogP contribution in [-0.2, 0) is 4.79 Å². The first kappa shape index (κ1) is 16.3. The standard InChI is InChI=1S/C16H22FNO2S/c1-12(19)11-13-5-4-9-18(13)16(20)8-10-21-15-7-3-2-6-14(15)17/h2-3,6-7,12-13,19H,4-5,8-11H2,1H3. The van der Waals surface area contributed by atoms with Crippen molar-refractivity contribution in [1.82, 2.24) is 4.90 Å². The molecule has 1 aromatic rings. The van der Waals surface area contributed by atoms with Gasteiger partial charge in [0.2, 0.25) is 5.91 Å². The van der Waals surface area contributed by atoms with E-state index in [0.29, 0.717) is 23.5 Å². The molecule has 0 radical (unpaired) electrons. The molecular formula is C16H22FNO2S. The molecule has 2 unspecified atom stereocenters. The summed E-state index contributed by atoms with van der Waals surface area (Å²) in [5.41, 5.74) is 0. The zero-order valence-electron chi connectivity index (χ0n) is 12.3. The first-order chi connectivity index (χ1) is 10.1. The molecule has 1 aliphatic rings. The van der Waals surface area contributed by atoms with Crippen molar-refractivity contribution in [3.63, 3.8) is 0 Å². The Morgan fingerprint density at radius 2 is 2.29 bits per heavy atom. The largest absolute Gasteiger partial charge is 0.393 e. The Bertz CT molecular complexity index is 481. The van der Waals surface area contributed by atoms with E-state index in [1.807, 2.05) is 4.90 Å². The highest BCUT2D eigenvalue weighted by Gasteiger charge is 2.28. The predicted octanol–water partition coefficient (Wildman–Crippen LogP) is 3.07. The Morgan fingerprint density at radius 1 is 1.52 bits per heavy atom. The van der Waals surface area contributed by atoms with Crippen molar-refractivity contribution in [2.75, 3.05) is 12.3 Å². The van der Waals surface area contributed by atoms with Crippen LogP contribution in [0, 0.1) is 5.82 Å². The van der Waals surface area contributed by atoms with Crippen molar-refractivity contribution < 1.29 is 14.3 Å². The lowest BCUT2D eigenvalue weighted by atomic mass is 10.1. The van der Waals surface area contributed by atoms with Crippen LogP contribution in [0.1, 0.15) is 32.6 Å². The van der Waals surface area contributed by atoms with Crippen LogP contribution < -0.4 is 0 Å². The predicted molar refractivity (Wildman–Crippen MR) is 82.8 cm³/mol. The van der Waals surface area contributed by atoms with Gasteiger partial charge in [0.25, 0.3) is 0 Å². The summed E-state index contributed by atoms with van der Waals surface area (Å²) in [7, 11) is 0. The summed E-state index contributed by atoms with van der Waals surface area (Å²) in [6, 6.07) is 6.79. The van der Waals surface area contributed by atoms with Crippen molar-refractivity contribution in [1.29, 1.82) is 0 Å². The second kappa shape index (κ2) is 7.80. The smallest absolute Gasteiger partial charge is 0.223 e. The summed E-state index contributed by atoms with van der Waals surface area (Å²) >= 11 is 1.38. The zero-order valence-corrected chi connectivity index (χ0v) is 13.1. The van der Waals surface area contributed by atoms with Gasteiger partial charge in [0, 0.05) is 29.7 Å². The minimum atomic E-state index is -0.379. The van der Waals surface area contributed by atoms with E-state index in [1.54, 1.807) is 25.1 Å². The first-order valence-corrected chi connectivity index (χ1v) is 8.41. The summed E-state index contributed by atoms with van der Waals surface area (Å²) in [6.07, 6.45) is 2.65. The van der Waals surface area contributed by atoms with Crippen LogP contribution in [0.5, 0.6) is 0 Å². The molecule has 1 aromatic carbocycles. The van der Waals surface area contributed by atoms with E-state index in [2.05, 4.69) is 0 Å². The van der Waals surface area contributed by atoms with Gasteiger partial charge in [-0.25, -0.2) is 4.39 Å². The fourth-order valence-electron chi connectivity index (χ4n) is 2.76. The summed E-state index contributed by atoms with van der Waals surface area (Å²) in [5.74, 6) is 0.461. The zero-order chi connectivity index (χ0) is 15.2. The number of halogens is 1. The Labute approximate surface area is 129 Å². The molecule has 1 amide bonds. The summed E-state index contributed by atoms with van der Waals surface area (Å²) in [5, 5.41) is 9.48. The van der Waals surface area contributed by atoms with Gasteiger partial charge in [0.15, 0.2) is 0 Å². The van der Waals surface area contributed by atoms with Crippen LogP contribution in [0.2, 0.25) is 0 Å². The molecule has 1 N–H and O–H groups in total. The van der Waals surface area contributed by atoms with Gasteiger partial charge in [0.1, 0.15) is 5.82 Å². The molecule has 0 spiro atoms. The second-order valence-corrected chi connectivity index (χ2v) is 6.63. The fourth-order valence-corrected chi connectivity index (χ4v) is 3.63. The number of hydrogen-bond donors (Lipinski definition) is 1. The number of rotatable bonds is 6. The quantitative estimate of drug-likeness (QED) is 0.821. The van der Waals surface area contributed by atoms with Gasteiger partial charge in [-0.15, -0.1) is 11.8 Å². The van der Waals surface area contributed by atoms with Crippen molar-refractivity contribution in [3.05, 3.63) is 30.1 Å². The molecular weight excluding hydrogens is 289 g/mol. The highest BCUT2D eigenvalue weighted by molar-refractivity contribution is 7.99. The number of aliphatic hydroxyl groups excluding tert-OH is 1. The molecule has 2 atom stereocenters. The lowest BCUT2D eigenvalue weighted by Gasteiger charge is -2.25. The number of likely N-dealkylation sites (tertiary alicyclic amines) is 1. The topological polar surface area (TPSA) is 40.5 Å². The minimum Gasteiger partial charge on any atom is -0.393 e. The molecule has 0 aliphatic carbocycles. The SMILES string of the molecule is CC(O)CC1CCCN1C(=O)CCSc1ccccc1F. The maximum absolute atomic E-state index is 13.5. The normalized spacial score (nSPS) is 19.8. The fraction of sp³-hybridized carbons (Fsp3) is 0.562. The molecule has 0 aromatic heterocycles. The van der Waals surface area contributed by atoms with Gasteiger partial charge in [-0.2, -0.15) is 0 Å². The van der Waals surface area contributed by atoms with Gasteiger partial charge < -0.3 is 10.0 Å². The summed E-state index contributed by atoms with van der Waals surface area (Å²) in [6.45, 7) is 2.54. The maximum Gasteiger partial charge on any atom is 0.223 e. The molecule has 1 fully saturated rings. The molecule has 0 saturated carbocycles. The van der Waals surface area contributed by atoms with Gasteiger partial charge in [-0.05, 0) is 38.3 Å². The summed E-state index contributed by atoms with van der Waals surface area (Å²) in [4.78, 5) is 14.7. The molecule has 0 bridgehead atoms. The number of nitrogens with zero attached hydrogens (tertiary/aromatic N) is 1. The minimum absolute atomic E-state index is 0.113. The van der Waals surface area contributed by atoms with Gasteiger partial charge in [-0.1, -0.05) is 12.1 Å². The van der Waals surface area contributed by atoms with Crippen molar-refractivity contribution in [3.8, 4) is 0 Å². The number of carbonyl (C=O) groups is 1. The van der Waals surface area contributed by atoms with E-state index in [1.165, 1.54) is 17.8 Å². The molecule has 1 aliphatic heterocycles. The number of hydrogen-bond acceptors (Lipinski definition) is 3. The molecule has 116 valence electrons. The lowest BCUT2D eigenvalue weighted by molar-refractivity contribution is -0.131. The number of benzene rings is 1. The molecule has 1 heterocycles. The Balaban J connectivity index is 1.80. The third-order valence-electron chi connectivity index (χ3n) is 3.72. The van der Waals surface area contributed by atoms with Crippen LogP contribution in [0.15, 0.2) is 29.2 Å². The van der Waals surface area contributed by atoms with E-state index >= 15 is 0 Å². The van der Waals surface area contributed by atoms with Crippen LogP contribution in [0.4, 0.5) is 4.39 Å². The average molecular weight is 311 g/mol. The lowest BCUT2D eigenvalue weighted by Crippen LogP contribution is -2.37. The van der Waals surface area contributed by atoms with Crippen molar-refractivity contribution >= 4 is 17.7 Å². The van der Waals surface area contributed by atoms with E-state index in [0.717, 1.165) is 19.4 Å². The molecule has 5 heteroatoms. The van der Waals surface area contributed by atoms with Crippen molar-refractivity contribution in [2.24, 2.45) is 0 Å². The van der Waals surface area contributed by atoms with Crippen LogP contribution in [-0.4, -0.2) is 40.4 Å². The van der Waals surface area contributed by atoms with E-state index in [4.69, 9.17) is 0 Å². The Kier molecular flexibility index (Phi) is 6.06. The number of aliphatic hydroxyl groups is 1. The number of carbonyl (C=O) groups excluding carboxylic acids is 1. The highest BCUT2D eigenvalue weighted by atomic mass is 32.2. The van der Waals surface area contributed by atoms with Gasteiger partial charge >= 0.3 is 0 Å². The van der Waals surface area contributed by atoms with E-state index in [-0.39, 0.29) is 23.9 Å². The van der Waals surface area contributed by atoms with Crippen LogP contribution >= 0.6 is 11.8 Å². The Hall–Kier alpha value is -1.07. The van der Waals surface area contributed by atoms with Crippen LogP contribution in [0.25, 0.3) is 0 Å². The third-order valence-corrected chi connectivity index (χ3v) is 4.77. The second-order valence-electron chi connectivity index (χ2n) is 5.50. The average Bonchev–Trinajstić information content (AvgIpc) is 2.88. The van der Waals surface area contributed by atoms with Crippen LogP contribution in [0.3, 0.4) is 0 Å². The van der Waals surface area contributed by atoms with E-state index < -0.39 is 0 Å². The molecule has 2 rings (SSSR count). The number of thioether (sulfide) groups is 1. The monoisotopic (exact) mass is 311 g/mol. The molecule has 1 saturated heterocycles. The van der Waals surface area contributed by atoms with Gasteiger partial charge in [-0.3, -0.25) is 4.79 Å². The number of amides is 1.